The summed E-state index contributed by atoms with van der Waals surface area (Å²) in [6.45, 7) is 8.03. The number of esters is 1. The molecule has 0 bridgehead atoms. The molecule has 3 aromatic rings. The third kappa shape index (κ3) is 4.62. The fraction of sp³-hybridized carbons (Fsp3) is 0.423. The molecular formula is C26H32N4O3. The van der Waals surface area contributed by atoms with E-state index in [1.54, 1.807) is 0 Å². The number of rotatable bonds is 6. The average molecular weight is 449 g/mol. The number of hydrogen-bond acceptors (Lipinski definition) is 6. The van der Waals surface area contributed by atoms with Crippen molar-refractivity contribution in [2.45, 2.75) is 0 Å². The van der Waals surface area contributed by atoms with Crippen molar-refractivity contribution in [2.75, 3.05) is 77.6 Å². The fourth-order valence-corrected chi connectivity index (χ4v) is 4.75. The number of aromatic nitrogens is 1. The van der Waals surface area contributed by atoms with Gasteiger partial charge in [0.05, 0.1) is 18.7 Å². The number of anilines is 1. The van der Waals surface area contributed by atoms with Crippen LogP contribution in [-0.4, -0.2) is 93.0 Å². The van der Waals surface area contributed by atoms with Crippen LogP contribution in [0.4, 0.5) is 5.82 Å². The number of fused-ring (bicyclic) bond motifs is 1. The quantitative estimate of drug-likeness (QED) is 0.541. The summed E-state index contributed by atoms with van der Waals surface area (Å²) in [5.74, 6) is 0.690. The fourth-order valence-electron chi connectivity index (χ4n) is 4.75. The predicted octanol–water partition coefficient (Wildman–Crippen LogP) is 2.87. The highest BCUT2D eigenvalue weighted by Gasteiger charge is 2.29. The Balaban J connectivity index is 1.52. The first-order valence-corrected chi connectivity index (χ1v) is 11.8. The van der Waals surface area contributed by atoms with Crippen LogP contribution in [-0.2, 0) is 9.47 Å². The molecule has 2 aliphatic heterocycles. The van der Waals surface area contributed by atoms with Crippen molar-refractivity contribution < 1.29 is 14.3 Å². The van der Waals surface area contributed by atoms with Gasteiger partial charge in [0.2, 0.25) is 0 Å². The average Bonchev–Trinajstić information content (AvgIpc) is 3.21. The first kappa shape index (κ1) is 21.9. The van der Waals surface area contributed by atoms with Crippen molar-refractivity contribution in [1.82, 2.24) is 14.4 Å². The van der Waals surface area contributed by atoms with Crippen molar-refractivity contribution >= 4 is 22.7 Å². The Morgan fingerprint density at radius 3 is 2.36 bits per heavy atom. The number of nitrogens with zero attached hydrogens (tertiary/aromatic N) is 4. The van der Waals surface area contributed by atoms with Crippen LogP contribution in [0.3, 0.4) is 0 Å². The zero-order chi connectivity index (χ0) is 22.6. The normalized spacial score (nSPS) is 18.0. The number of carbonyl (C=O) groups excluding carboxylic acids is 1. The van der Waals surface area contributed by atoms with E-state index in [9.17, 15) is 4.79 Å². The molecule has 7 heteroatoms. The van der Waals surface area contributed by atoms with Gasteiger partial charge in [-0.25, -0.2) is 4.79 Å². The maximum atomic E-state index is 13.6. The maximum Gasteiger partial charge on any atom is 0.342 e. The lowest BCUT2D eigenvalue weighted by atomic mass is 10.1. The minimum Gasteiger partial charge on any atom is -0.461 e. The highest BCUT2D eigenvalue weighted by atomic mass is 16.5. The Bertz CT molecular complexity index is 1080. The van der Waals surface area contributed by atoms with Gasteiger partial charge >= 0.3 is 5.97 Å². The molecular weight excluding hydrogens is 416 g/mol. The minimum absolute atomic E-state index is 0.247. The zero-order valence-corrected chi connectivity index (χ0v) is 19.3. The van der Waals surface area contributed by atoms with Gasteiger partial charge in [0.25, 0.3) is 0 Å². The third-order valence-electron chi connectivity index (χ3n) is 6.62. The summed E-state index contributed by atoms with van der Waals surface area (Å²) >= 11 is 0. The highest BCUT2D eigenvalue weighted by Crippen LogP contribution is 2.36. The second kappa shape index (κ2) is 9.95. The van der Waals surface area contributed by atoms with Gasteiger partial charge in [0.15, 0.2) is 0 Å². The molecule has 0 atom stereocenters. The number of likely N-dealkylation sites (N-methyl/N-ethyl adjacent to an activating group) is 1. The van der Waals surface area contributed by atoms with Gasteiger partial charge in [-0.15, -0.1) is 0 Å². The van der Waals surface area contributed by atoms with Crippen molar-refractivity contribution in [3.05, 3.63) is 60.2 Å². The van der Waals surface area contributed by atoms with Crippen LogP contribution in [0, 0.1) is 0 Å². The summed E-state index contributed by atoms with van der Waals surface area (Å²) in [7, 11) is 2.14. The van der Waals surface area contributed by atoms with Crippen molar-refractivity contribution in [3.8, 4) is 5.69 Å². The third-order valence-corrected chi connectivity index (χ3v) is 6.62. The summed E-state index contributed by atoms with van der Waals surface area (Å²) in [5.41, 5.74) is 2.74. The van der Waals surface area contributed by atoms with Crippen LogP contribution < -0.4 is 4.90 Å². The van der Waals surface area contributed by atoms with E-state index in [1.807, 2.05) is 36.4 Å². The standard InChI is InChI=1S/C26H32N4O3/c1-27-11-13-29(14-12-27)25-24(26(31)33-20-17-28-15-18-32-19-16-28)22-9-5-6-10-23(22)30(25)21-7-3-2-4-8-21/h2-10H,11-20H2,1H3. The first-order chi connectivity index (χ1) is 16.2. The van der Waals surface area contributed by atoms with E-state index in [2.05, 4.69) is 44.5 Å². The topological polar surface area (TPSA) is 50.2 Å². The summed E-state index contributed by atoms with van der Waals surface area (Å²) in [5, 5.41) is 0.937. The molecule has 1 aromatic heterocycles. The largest absolute Gasteiger partial charge is 0.461 e. The lowest BCUT2D eigenvalue weighted by Gasteiger charge is -2.35. The smallest absolute Gasteiger partial charge is 0.342 e. The molecule has 0 N–H and O–H groups in total. The Morgan fingerprint density at radius 1 is 0.909 bits per heavy atom. The molecule has 0 saturated carbocycles. The molecule has 0 spiro atoms. The number of piperazine rings is 1. The van der Waals surface area contributed by atoms with Crippen LogP contribution in [0.5, 0.6) is 0 Å². The maximum absolute atomic E-state index is 13.6. The molecule has 7 nitrogen and oxygen atoms in total. The van der Waals surface area contributed by atoms with E-state index >= 15 is 0 Å². The molecule has 2 aliphatic rings. The lowest BCUT2D eigenvalue weighted by Crippen LogP contribution is -2.45. The van der Waals surface area contributed by atoms with Crippen LogP contribution >= 0.6 is 0 Å². The van der Waals surface area contributed by atoms with Gasteiger partial charge in [0.1, 0.15) is 18.0 Å². The minimum atomic E-state index is -0.247. The molecule has 0 unspecified atom stereocenters. The van der Waals surface area contributed by atoms with E-state index in [-0.39, 0.29) is 5.97 Å². The monoisotopic (exact) mass is 448 g/mol. The molecule has 3 heterocycles. The van der Waals surface area contributed by atoms with Gasteiger partial charge < -0.3 is 19.3 Å². The van der Waals surface area contributed by atoms with Gasteiger partial charge in [-0.3, -0.25) is 9.47 Å². The Morgan fingerprint density at radius 2 is 1.61 bits per heavy atom. The van der Waals surface area contributed by atoms with E-state index in [4.69, 9.17) is 9.47 Å². The van der Waals surface area contributed by atoms with Crippen LogP contribution in [0.1, 0.15) is 10.4 Å². The molecule has 2 saturated heterocycles. The molecule has 2 fully saturated rings. The number of morpholine rings is 1. The SMILES string of the molecule is CN1CCN(c2c(C(=O)OCCN3CCOCC3)c3ccccc3n2-c2ccccc2)CC1. The highest BCUT2D eigenvalue weighted by molar-refractivity contribution is 6.10. The Hall–Kier alpha value is -2.87. The first-order valence-electron chi connectivity index (χ1n) is 11.8. The van der Waals surface area contributed by atoms with Crippen LogP contribution in [0.15, 0.2) is 54.6 Å². The van der Waals surface area contributed by atoms with E-state index in [1.165, 1.54) is 0 Å². The number of para-hydroxylation sites is 2. The molecule has 0 aliphatic carbocycles. The Labute approximate surface area is 195 Å². The van der Waals surface area contributed by atoms with E-state index in [0.717, 1.165) is 81.4 Å². The Kier molecular flexibility index (Phi) is 6.62. The summed E-state index contributed by atoms with van der Waals surface area (Å²) < 4.78 is 13.5. The summed E-state index contributed by atoms with van der Waals surface area (Å²) in [4.78, 5) is 20.5. The lowest BCUT2D eigenvalue weighted by molar-refractivity contribution is 0.0196. The molecule has 33 heavy (non-hydrogen) atoms. The zero-order valence-electron chi connectivity index (χ0n) is 19.3. The second-order valence-corrected chi connectivity index (χ2v) is 8.77. The molecule has 174 valence electrons. The van der Waals surface area contributed by atoms with Crippen LogP contribution in [0.2, 0.25) is 0 Å². The molecule has 0 amide bonds. The van der Waals surface area contributed by atoms with Gasteiger partial charge in [-0.1, -0.05) is 36.4 Å². The van der Waals surface area contributed by atoms with E-state index in [0.29, 0.717) is 12.2 Å². The second-order valence-electron chi connectivity index (χ2n) is 8.77. The number of ether oxygens (including phenoxy) is 2. The van der Waals surface area contributed by atoms with Gasteiger partial charge in [-0.05, 0) is 25.2 Å². The summed E-state index contributed by atoms with van der Waals surface area (Å²) in [6, 6.07) is 18.4. The number of hydrogen-bond donors (Lipinski definition) is 0. The predicted molar refractivity (Wildman–Crippen MR) is 131 cm³/mol. The summed E-state index contributed by atoms with van der Waals surface area (Å²) in [6.07, 6.45) is 0. The number of carbonyl (C=O) groups is 1. The van der Waals surface area contributed by atoms with Gasteiger partial charge in [-0.2, -0.15) is 0 Å². The van der Waals surface area contributed by atoms with Crippen molar-refractivity contribution in [2.24, 2.45) is 0 Å². The van der Waals surface area contributed by atoms with Crippen molar-refractivity contribution in [3.63, 3.8) is 0 Å². The van der Waals surface area contributed by atoms with Crippen LogP contribution in [0.25, 0.3) is 16.6 Å². The molecule has 5 rings (SSSR count). The molecule has 0 radical (unpaired) electrons. The number of benzene rings is 2. The van der Waals surface area contributed by atoms with E-state index < -0.39 is 0 Å². The molecule has 2 aromatic carbocycles. The van der Waals surface area contributed by atoms with Crippen molar-refractivity contribution in [1.29, 1.82) is 0 Å². The van der Waals surface area contributed by atoms with Gasteiger partial charge in [0, 0.05) is 56.9 Å².